The fourth-order valence-corrected chi connectivity index (χ4v) is 3.09. The lowest BCUT2D eigenvalue weighted by Crippen LogP contribution is -2.20. The Kier molecular flexibility index (Phi) is 3.83. The van der Waals surface area contributed by atoms with Crippen molar-refractivity contribution in [2.75, 3.05) is 24.2 Å². The molecular weight excluding hydrogens is 286 g/mol. The fourth-order valence-electron chi connectivity index (χ4n) is 2.25. The van der Waals surface area contributed by atoms with Gasteiger partial charge in [0.05, 0.1) is 5.75 Å². The largest absolute Gasteiger partial charge is 0.358 e. The van der Waals surface area contributed by atoms with E-state index in [4.69, 9.17) is 0 Å². The van der Waals surface area contributed by atoms with Crippen LogP contribution in [0.3, 0.4) is 0 Å². The van der Waals surface area contributed by atoms with Crippen molar-refractivity contribution in [3.63, 3.8) is 0 Å². The minimum Gasteiger partial charge on any atom is -0.358 e. The predicted molar refractivity (Wildman–Crippen MR) is 83.0 cm³/mol. The maximum Gasteiger partial charge on any atom is 0.232 e. The van der Waals surface area contributed by atoms with Crippen LogP contribution in [0.2, 0.25) is 0 Å². The Morgan fingerprint density at radius 1 is 1.29 bits per heavy atom. The van der Waals surface area contributed by atoms with Crippen molar-refractivity contribution in [3.05, 3.63) is 29.8 Å². The van der Waals surface area contributed by atoms with E-state index in [1.807, 2.05) is 0 Å². The fraction of sp³-hybridized carbons (Fsp3) is 0.357. The van der Waals surface area contributed by atoms with E-state index in [2.05, 4.69) is 56.2 Å². The Labute approximate surface area is 127 Å². The topological polar surface area (TPSA) is 63.1 Å². The summed E-state index contributed by atoms with van der Waals surface area (Å²) in [6.45, 7) is 3.79. The predicted octanol–water partition coefficient (Wildman–Crippen LogP) is 1.58. The molecule has 1 N–H and O–H groups in total. The molecule has 0 fully saturated rings. The Balaban J connectivity index is 1.79. The van der Waals surface area contributed by atoms with Gasteiger partial charge in [-0.15, -0.1) is 10.2 Å². The average Bonchev–Trinajstić information content (AvgIpc) is 3.08. The minimum absolute atomic E-state index is 0.00858. The van der Waals surface area contributed by atoms with Crippen LogP contribution in [0, 0.1) is 6.92 Å². The number of carbonyl (C=O) groups excluding carboxylic acids is 1. The molecule has 0 saturated heterocycles. The lowest BCUT2D eigenvalue weighted by molar-refractivity contribution is -0.118. The number of amides is 1. The van der Waals surface area contributed by atoms with Gasteiger partial charge in [0.2, 0.25) is 11.9 Å². The number of rotatable bonds is 4. The lowest BCUT2D eigenvalue weighted by Gasteiger charge is -2.15. The second kappa shape index (κ2) is 5.77. The summed E-state index contributed by atoms with van der Waals surface area (Å²) in [5, 5.41) is 11.9. The summed E-state index contributed by atoms with van der Waals surface area (Å²) >= 11 is 1.42. The number of fused-ring (bicyclic) bond motifs is 1. The molecule has 2 aromatic rings. The molecule has 1 aliphatic heterocycles. The van der Waals surface area contributed by atoms with Gasteiger partial charge in [0.25, 0.3) is 0 Å². The van der Waals surface area contributed by atoms with Gasteiger partial charge >= 0.3 is 0 Å². The highest BCUT2D eigenvalue weighted by atomic mass is 32.2. The molecular formula is C14H17N5OS. The van der Waals surface area contributed by atoms with Crippen LogP contribution in [0.1, 0.15) is 5.56 Å². The zero-order valence-electron chi connectivity index (χ0n) is 12.0. The Morgan fingerprint density at radius 3 is 2.76 bits per heavy atom. The Bertz CT molecular complexity index is 652. The monoisotopic (exact) mass is 303 g/mol. The molecule has 0 aliphatic carbocycles. The van der Waals surface area contributed by atoms with Gasteiger partial charge in [-0.2, -0.15) is 0 Å². The van der Waals surface area contributed by atoms with Crippen LogP contribution >= 0.6 is 11.8 Å². The van der Waals surface area contributed by atoms with Crippen LogP contribution in [0.4, 0.5) is 11.6 Å². The molecule has 2 heterocycles. The van der Waals surface area contributed by atoms with Gasteiger partial charge in [-0.05, 0) is 19.1 Å². The van der Waals surface area contributed by atoms with Crippen molar-refractivity contribution in [1.82, 2.24) is 20.1 Å². The first kappa shape index (κ1) is 13.9. The summed E-state index contributed by atoms with van der Waals surface area (Å²) < 4.78 is 2.06. The first-order valence-corrected chi connectivity index (χ1v) is 7.78. The SMILES string of the molecule is CNC(=O)CSc1nnc2n1CCN2c1ccc(C)cc1. The van der Waals surface area contributed by atoms with Gasteiger partial charge in [0.15, 0.2) is 5.16 Å². The van der Waals surface area contributed by atoms with Crippen molar-refractivity contribution >= 4 is 29.3 Å². The molecule has 7 heteroatoms. The molecule has 6 nitrogen and oxygen atoms in total. The van der Waals surface area contributed by atoms with Gasteiger partial charge in [0, 0.05) is 25.8 Å². The van der Waals surface area contributed by atoms with Crippen molar-refractivity contribution in [3.8, 4) is 0 Å². The number of aryl methyl sites for hydroxylation is 1. The number of aromatic nitrogens is 3. The maximum absolute atomic E-state index is 11.3. The summed E-state index contributed by atoms with van der Waals surface area (Å²) in [7, 11) is 1.64. The van der Waals surface area contributed by atoms with Crippen LogP contribution in [-0.2, 0) is 11.3 Å². The van der Waals surface area contributed by atoms with Crippen LogP contribution in [0.25, 0.3) is 0 Å². The smallest absolute Gasteiger partial charge is 0.232 e. The third-order valence-corrected chi connectivity index (χ3v) is 4.41. The first-order valence-electron chi connectivity index (χ1n) is 6.80. The molecule has 1 aromatic carbocycles. The second-order valence-corrected chi connectivity index (χ2v) is 5.83. The number of nitrogens with zero attached hydrogens (tertiary/aromatic N) is 4. The van der Waals surface area contributed by atoms with Gasteiger partial charge < -0.3 is 10.2 Å². The highest BCUT2D eigenvalue weighted by Crippen LogP contribution is 2.31. The Hall–Kier alpha value is -2.02. The maximum atomic E-state index is 11.3. The lowest BCUT2D eigenvalue weighted by atomic mass is 10.2. The van der Waals surface area contributed by atoms with E-state index in [9.17, 15) is 4.79 Å². The molecule has 1 aliphatic rings. The number of nitrogens with one attached hydrogen (secondary N) is 1. The van der Waals surface area contributed by atoms with Crippen molar-refractivity contribution in [2.45, 2.75) is 18.6 Å². The summed E-state index contributed by atoms with van der Waals surface area (Å²) in [5.41, 5.74) is 2.36. The first-order chi connectivity index (χ1) is 10.2. The summed E-state index contributed by atoms with van der Waals surface area (Å²) in [5.74, 6) is 1.20. The molecule has 0 radical (unpaired) electrons. The van der Waals surface area contributed by atoms with E-state index in [0.717, 1.165) is 29.9 Å². The van der Waals surface area contributed by atoms with Crippen molar-refractivity contribution in [1.29, 1.82) is 0 Å². The summed E-state index contributed by atoms with van der Waals surface area (Å²) in [6, 6.07) is 8.37. The van der Waals surface area contributed by atoms with E-state index in [1.165, 1.54) is 17.3 Å². The second-order valence-electron chi connectivity index (χ2n) is 4.88. The van der Waals surface area contributed by atoms with Gasteiger partial charge in [-0.3, -0.25) is 9.36 Å². The van der Waals surface area contributed by atoms with E-state index in [0.29, 0.717) is 5.75 Å². The molecule has 21 heavy (non-hydrogen) atoms. The molecule has 0 atom stereocenters. The molecule has 1 amide bonds. The zero-order chi connectivity index (χ0) is 14.8. The average molecular weight is 303 g/mol. The molecule has 0 bridgehead atoms. The van der Waals surface area contributed by atoms with Gasteiger partial charge in [0.1, 0.15) is 0 Å². The van der Waals surface area contributed by atoms with E-state index in [1.54, 1.807) is 7.05 Å². The van der Waals surface area contributed by atoms with E-state index >= 15 is 0 Å². The molecule has 0 saturated carbocycles. The van der Waals surface area contributed by atoms with E-state index < -0.39 is 0 Å². The number of benzene rings is 1. The van der Waals surface area contributed by atoms with Crippen LogP contribution in [0.5, 0.6) is 0 Å². The van der Waals surface area contributed by atoms with E-state index in [-0.39, 0.29) is 5.91 Å². The highest BCUT2D eigenvalue weighted by molar-refractivity contribution is 7.99. The number of hydrogen-bond acceptors (Lipinski definition) is 5. The van der Waals surface area contributed by atoms with Crippen LogP contribution < -0.4 is 10.2 Å². The quantitative estimate of drug-likeness (QED) is 0.869. The summed E-state index contributed by atoms with van der Waals surface area (Å²) in [4.78, 5) is 13.5. The van der Waals surface area contributed by atoms with Crippen LogP contribution in [-0.4, -0.2) is 40.0 Å². The molecule has 0 unspecified atom stereocenters. The minimum atomic E-state index is -0.00858. The highest BCUT2D eigenvalue weighted by Gasteiger charge is 2.26. The van der Waals surface area contributed by atoms with Gasteiger partial charge in [-0.25, -0.2) is 0 Å². The number of anilines is 2. The summed E-state index contributed by atoms with van der Waals surface area (Å²) in [6.07, 6.45) is 0. The number of thioether (sulfide) groups is 1. The standard InChI is InChI=1S/C14H17N5OS/c1-10-3-5-11(6-4-10)18-7-8-19-13(18)16-17-14(19)21-9-12(20)15-2/h3-6H,7-9H2,1-2H3,(H,15,20). The normalized spacial score (nSPS) is 13.3. The van der Waals surface area contributed by atoms with Crippen molar-refractivity contribution in [2.24, 2.45) is 0 Å². The molecule has 3 rings (SSSR count). The Morgan fingerprint density at radius 2 is 2.05 bits per heavy atom. The molecule has 0 spiro atoms. The van der Waals surface area contributed by atoms with Crippen molar-refractivity contribution < 1.29 is 4.79 Å². The van der Waals surface area contributed by atoms with Gasteiger partial charge in [-0.1, -0.05) is 29.5 Å². The molecule has 110 valence electrons. The third-order valence-electron chi connectivity index (χ3n) is 3.44. The zero-order valence-corrected chi connectivity index (χ0v) is 12.9. The number of hydrogen-bond donors (Lipinski definition) is 1. The number of carbonyl (C=O) groups is 1. The molecule has 1 aromatic heterocycles. The third kappa shape index (κ3) is 2.73. The van der Waals surface area contributed by atoms with Crippen LogP contribution in [0.15, 0.2) is 29.4 Å².